The van der Waals surface area contributed by atoms with Crippen molar-refractivity contribution in [3.05, 3.63) is 62.9 Å². The van der Waals surface area contributed by atoms with Crippen molar-refractivity contribution in [2.45, 2.75) is 38.9 Å². The van der Waals surface area contributed by atoms with Crippen molar-refractivity contribution in [2.24, 2.45) is 5.92 Å². The fourth-order valence-electron chi connectivity index (χ4n) is 4.14. The maximum Gasteiger partial charge on any atom is 0.408 e. The number of nitrogens with zero attached hydrogens (tertiary/aromatic N) is 3. The molecule has 196 valence electrons. The van der Waals surface area contributed by atoms with Crippen LogP contribution in [0.3, 0.4) is 0 Å². The molecule has 0 bridgehead atoms. The maximum atomic E-state index is 14.9. The molecule has 3 heterocycles. The van der Waals surface area contributed by atoms with Gasteiger partial charge in [0.1, 0.15) is 28.9 Å². The minimum Gasteiger partial charge on any atom is -0.340 e. The van der Waals surface area contributed by atoms with E-state index >= 15 is 0 Å². The molecular weight excluding hydrogens is 523 g/mol. The van der Waals surface area contributed by atoms with E-state index in [-0.39, 0.29) is 28.7 Å². The third-order valence-corrected chi connectivity index (χ3v) is 6.45. The predicted molar refractivity (Wildman–Crippen MR) is 126 cm³/mol. The highest BCUT2D eigenvalue weighted by Gasteiger charge is 2.40. The molecular formula is C24H20ClF5N4O3. The van der Waals surface area contributed by atoms with Crippen LogP contribution >= 0.6 is 11.6 Å². The Bertz CT molecular complexity index is 1450. The number of carbonyl (C=O) groups is 2. The van der Waals surface area contributed by atoms with E-state index in [1.807, 2.05) is 0 Å². The highest BCUT2D eigenvalue weighted by molar-refractivity contribution is 6.32. The molecule has 37 heavy (non-hydrogen) atoms. The van der Waals surface area contributed by atoms with Crippen molar-refractivity contribution in [3.63, 3.8) is 0 Å². The molecule has 0 radical (unpaired) electrons. The fraction of sp³-hybridized carbons (Fsp3) is 0.333. The minimum atomic E-state index is -4.78. The molecule has 7 nitrogen and oxygen atoms in total. The van der Waals surface area contributed by atoms with Gasteiger partial charge in [0.15, 0.2) is 11.5 Å². The predicted octanol–water partition coefficient (Wildman–Crippen LogP) is 4.76. The monoisotopic (exact) mass is 542 g/mol. The molecule has 1 fully saturated rings. The average molecular weight is 543 g/mol. The Labute approximate surface area is 211 Å². The second-order valence-corrected chi connectivity index (χ2v) is 9.06. The van der Waals surface area contributed by atoms with E-state index in [0.717, 1.165) is 16.8 Å². The zero-order valence-electron chi connectivity index (χ0n) is 19.5. The van der Waals surface area contributed by atoms with Crippen molar-refractivity contribution in [1.82, 2.24) is 14.9 Å². The smallest absolute Gasteiger partial charge is 0.340 e. The molecule has 0 aliphatic carbocycles. The van der Waals surface area contributed by atoms with Crippen molar-refractivity contribution < 1.29 is 31.5 Å². The lowest BCUT2D eigenvalue weighted by atomic mass is 10.1. The molecule has 1 aliphatic heterocycles. The number of alkyl halides is 3. The van der Waals surface area contributed by atoms with E-state index in [2.05, 4.69) is 4.98 Å². The molecule has 2 atom stereocenters. The summed E-state index contributed by atoms with van der Waals surface area (Å²) in [5.41, 5.74) is -2.44. The van der Waals surface area contributed by atoms with E-state index in [9.17, 15) is 36.3 Å². The molecule has 2 unspecified atom stereocenters. The third-order valence-electron chi connectivity index (χ3n) is 6.16. The first-order chi connectivity index (χ1) is 17.3. The van der Waals surface area contributed by atoms with Crippen molar-refractivity contribution in [2.75, 3.05) is 11.4 Å². The molecule has 0 saturated carbocycles. The summed E-state index contributed by atoms with van der Waals surface area (Å²) < 4.78 is 69.3. The highest BCUT2D eigenvalue weighted by atomic mass is 35.5. The molecule has 1 aliphatic rings. The van der Waals surface area contributed by atoms with Gasteiger partial charge in [-0.1, -0.05) is 25.4 Å². The van der Waals surface area contributed by atoms with Gasteiger partial charge in [-0.3, -0.25) is 23.9 Å². The first kappa shape index (κ1) is 26.5. The summed E-state index contributed by atoms with van der Waals surface area (Å²) in [7, 11) is 0. The van der Waals surface area contributed by atoms with Gasteiger partial charge in [0, 0.05) is 24.7 Å². The normalized spacial score (nSPS) is 16.9. The number of benzene rings is 1. The number of pyridine rings is 2. The Hall–Kier alpha value is -3.54. The van der Waals surface area contributed by atoms with Crippen molar-refractivity contribution in [1.29, 1.82) is 0 Å². The summed E-state index contributed by atoms with van der Waals surface area (Å²) in [6.45, 7) is 3.28. The number of carbonyl (C=O) groups excluding carboxylic acids is 2. The number of hydrogen-bond acceptors (Lipinski definition) is 4. The molecule has 2 amide bonds. The van der Waals surface area contributed by atoms with Gasteiger partial charge < -0.3 is 5.32 Å². The molecule has 2 aromatic heterocycles. The molecule has 1 aromatic carbocycles. The Morgan fingerprint density at radius 2 is 1.95 bits per heavy atom. The number of rotatable bonds is 5. The van der Waals surface area contributed by atoms with Crippen LogP contribution in [0, 0.1) is 17.6 Å². The first-order valence-corrected chi connectivity index (χ1v) is 11.6. The lowest BCUT2D eigenvalue weighted by Gasteiger charge is -2.21. The maximum absolute atomic E-state index is 14.9. The lowest BCUT2D eigenvalue weighted by molar-refractivity contribution is -0.153. The highest BCUT2D eigenvalue weighted by Crippen LogP contribution is 2.30. The van der Waals surface area contributed by atoms with E-state index in [1.54, 1.807) is 12.2 Å². The Morgan fingerprint density at radius 1 is 1.24 bits per heavy atom. The topological polar surface area (TPSA) is 84.3 Å². The minimum absolute atomic E-state index is 0.133. The standard InChI is InChI=1S/C24H20ClF5N4O3/c1-3-17(24(28,29)30)31-22(36)14-10-34(19-15(25)8-12(26)9-16(19)27)21-13(20(14)35)4-5-18(32-21)33-7-6-11(2)23(33)37/h4-5,8-11,17H,3,6-7H2,1-2H3,(H,31,36). The van der Waals surface area contributed by atoms with Gasteiger partial charge in [-0.25, -0.2) is 13.8 Å². The first-order valence-electron chi connectivity index (χ1n) is 11.2. The van der Waals surface area contributed by atoms with Crippen LogP contribution in [0.25, 0.3) is 16.7 Å². The molecule has 1 N–H and O–H groups in total. The van der Waals surface area contributed by atoms with Crippen LogP contribution in [0.15, 0.2) is 35.3 Å². The van der Waals surface area contributed by atoms with Gasteiger partial charge in [-0.15, -0.1) is 0 Å². The zero-order valence-corrected chi connectivity index (χ0v) is 20.3. The number of nitrogens with one attached hydrogen (secondary N) is 1. The number of fused-ring (bicyclic) bond motifs is 1. The number of amides is 2. The van der Waals surface area contributed by atoms with Crippen LogP contribution in [-0.2, 0) is 4.79 Å². The van der Waals surface area contributed by atoms with E-state index in [1.165, 1.54) is 24.0 Å². The van der Waals surface area contributed by atoms with E-state index in [0.29, 0.717) is 19.0 Å². The van der Waals surface area contributed by atoms with Crippen molar-refractivity contribution >= 4 is 40.3 Å². The van der Waals surface area contributed by atoms with Gasteiger partial charge in [-0.2, -0.15) is 13.2 Å². The summed E-state index contributed by atoms with van der Waals surface area (Å²) >= 11 is 6.10. The summed E-state index contributed by atoms with van der Waals surface area (Å²) in [5, 5.41) is 1.07. The number of anilines is 1. The van der Waals surface area contributed by atoms with Gasteiger partial charge in [0.2, 0.25) is 11.3 Å². The summed E-state index contributed by atoms with van der Waals surface area (Å²) in [6.07, 6.45) is -3.91. The molecule has 0 spiro atoms. The van der Waals surface area contributed by atoms with Gasteiger partial charge in [0.25, 0.3) is 5.91 Å². The van der Waals surface area contributed by atoms with Crippen LogP contribution in [0.2, 0.25) is 5.02 Å². The molecule has 3 aromatic rings. The van der Waals surface area contributed by atoms with E-state index < -0.39 is 57.9 Å². The second kappa shape index (κ2) is 9.73. The summed E-state index contributed by atoms with van der Waals surface area (Å²) in [6, 6.07) is 1.64. The van der Waals surface area contributed by atoms with Crippen LogP contribution in [0.5, 0.6) is 0 Å². The third kappa shape index (κ3) is 4.89. The van der Waals surface area contributed by atoms with Crippen LogP contribution in [0.4, 0.5) is 27.8 Å². The Balaban J connectivity index is 1.96. The largest absolute Gasteiger partial charge is 0.408 e. The zero-order chi connectivity index (χ0) is 27.2. The average Bonchev–Trinajstić information content (AvgIpc) is 3.15. The lowest BCUT2D eigenvalue weighted by Crippen LogP contribution is -2.46. The molecule has 1 saturated heterocycles. The van der Waals surface area contributed by atoms with Gasteiger partial charge >= 0.3 is 6.18 Å². The van der Waals surface area contributed by atoms with Gasteiger partial charge in [-0.05, 0) is 31.0 Å². The van der Waals surface area contributed by atoms with Crippen molar-refractivity contribution in [3.8, 4) is 5.69 Å². The number of hydrogen-bond donors (Lipinski definition) is 1. The van der Waals surface area contributed by atoms with Crippen LogP contribution in [-0.4, -0.2) is 40.1 Å². The quantitative estimate of drug-likeness (QED) is 0.471. The summed E-state index contributed by atoms with van der Waals surface area (Å²) in [5.74, 6) is -3.89. The number of aromatic nitrogens is 2. The molecule has 4 rings (SSSR count). The Morgan fingerprint density at radius 3 is 2.51 bits per heavy atom. The SMILES string of the molecule is CCC(NC(=O)c1cn(-c2c(F)cc(F)cc2Cl)c2nc(N3CCC(C)C3=O)ccc2c1=O)C(F)(F)F. The van der Waals surface area contributed by atoms with Gasteiger partial charge in [0.05, 0.1) is 10.4 Å². The number of halogens is 6. The Kier molecular flexibility index (Phi) is 6.97. The summed E-state index contributed by atoms with van der Waals surface area (Å²) in [4.78, 5) is 44.2. The van der Waals surface area contributed by atoms with Crippen LogP contribution in [0.1, 0.15) is 37.0 Å². The molecule has 13 heteroatoms. The fourth-order valence-corrected chi connectivity index (χ4v) is 4.43. The second-order valence-electron chi connectivity index (χ2n) is 8.66. The van der Waals surface area contributed by atoms with E-state index in [4.69, 9.17) is 11.6 Å². The van der Waals surface area contributed by atoms with Crippen LogP contribution < -0.4 is 15.6 Å².